The van der Waals surface area contributed by atoms with Crippen molar-refractivity contribution in [2.45, 2.75) is 374 Å². The molecule has 0 spiro atoms. The second-order valence-electron chi connectivity index (χ2n) is 22.5. The van der Waals surface area contributed by atoms with Crippen LogP contribution in [-0.4, -0.2) is 37.2 Å². The second kappa shape index (κ2) is 58.3. The molecule has 0 rings (SSSR count). The predicted molar refractivity (Wildman–Crippen MR) is 303 cm³/mol. The zero-order valence-corrected chi connectivity index (χ0v) is 48.0. The van der Waals surface area contributed by atoms with Crippen LogP contribution < -0.4 is 0 Å². The molecule has 0 N–H and O–H groups in total. The van der Waals surface area contributed by atoms with Crippen LogP contribution in [0.3, 0.4) is 0 Å². The number of rotatable bonds is 59. The maximum absolute atomic E-state index is 12.9. The van der Waals surface area contributed by atoms with E-state index in [4.69, 9.17) is 14.2 Å². The third-order valence-electron chi connectivity index (χ3n) is 14.8. The van der Waals surface area contributed by atoms with Gasteiger partial charge in [-0.3, -0.25) is 14.4 Å². The Morgan fingerprint density at radius 3 is 0.700 bits per heavy atom. The Kier molecular flexibility index (Phi) is 57.0. The van der Waals surface area contributed by atoms with Crippen LogP contribution >= 0.6 is 0 Å². The molecule has 0 aromatic carbocycles. The summed E-state index contributed by atoms with van der Waals surface area (Å²) in [5.74, 6) is 0.0217. The van der Waals surface area contributed by atoms with Gasteiger partial charge in [0.15, 0.2) is 6.10 Å². The molecule has 0 aliphatic rings. The van der Waals surface area contributed by atoms with Crippen LogP contribution in [0.4, 0.5) is 0 Å². The monoisotopic (exact) mass is 989 g/mol. The Hall–Kier alpha value is -1.59. The van der Waals surface area contributed by atoms with E-state index < -0.39 is 6.10 Å². The van der Waals surface area contributed by atoms with Gasteiger partial charge in [0.1, 0.15) is 13.2 Å². The molecule has 0 aliphatic heterocycles. The standard InChI is InChI=1S/C64H124O6/c1-5-7-9-11-13-15-17-19-21-22-23-24-28-33-37-41-45-49-53-57-64(67)70-61(58-68-62(65)55-51-47-43-39-35-31-26-20-18-16-14-12-10-8-6-2)59-69-63(66)56-52-48-44-40-36-32-29-25-27-30-34-38-42-46-50-54-60(3)4/h60-61H,5-59H2,1-4H3/t61-/m1/s1. The fourth-order valence-electron chi connectivity index (χ4n) is 9.99. The van der Waals surface area contributed by atoms with Crippen LogP contribution in [-0.2, 0) is 28.6 Å². The minimum absolute atomic E-state index is 0.0612. The first-order valence-corrected chi connectivity index (χ1v) is 31.9. The molecule has 0 bridgehead atoms. The molecule has 6 heteroatoms. The van der Waals surface area contributed by atoms with Crippen molar-refractivity contribution < 1.29 is 28.6 Å². The Labute approximate surface area is 438 Å². The molecule has 0 amide bonds. The lowest BCUT2D eigenvalue weighted by Crippen LogP contribution is -2.30. The summed E-state index contributed by atoms with van der Waals surface area (Å²) in [6, 6.07) is 0. The summed E-state index contributed by atoms with van der Waals surface area (Å²) in [7, 11) is 0. The molecule has 0 heterocycles. The van der Waals surface area contributed by atoms with E-state index in [2.05, 4.69) is 27.7 Å². The molecule has 0 saturated carbocycles. The van der Waals surface area contributed by atoms with Gasteiger partial charge in [-0.2, -0.15) is 0 Å². The summed E-state index contributed by atoms with van der Waals surface area (Å²) < 4.78 is 17.0. The van der Waals surface area contributed by atoms with Crippen molar-refractivity contribution in [3.8, 4) is 0 Å². The third-order valence-corrected chi connectivity index (χ3v) is 14.8. The molecule has 6 nitrogen and oxygen atoms in total. The quantitative estimate of drug-likeness (QED) is 0.0343. The van der Waals surface area contributed by atoms with Crippen LogP contribution in [0.2, 0.25) is 0 Å². The number of hydrogen-bond acceptors (Lipinski definition) is 6. The highest BCUT2D eigenvalue weighted by atomic mass is 16.6. The van der Waals surface area contributed by atoms with Crippen molar-refractivity contribution in [3.63, 3.8) is 0 Å². The number of esters is 3. The first-order chi connectivity index (χ1) is 34.4. The molecule has 0 unspecified atom stereocenters. The van der Waals surface area contributed by atoms with Gasteiger partial charge in [0.05, 0.1) is 0 Å². The van der Waals surface area contributed by atoms with E-state index >= 15 is 0 Å². The number of unbranched alkanes of at least 4 members (excludes halogenated alkanes) is 46. The smallest absolute Gasteiger partial charge is 0.306 e. The van der Waals surface area contributed by atoms with Gasteiger partial charge in [0.2, 0.25) is 0 Å². The summed E-state index contributed by atoms with van der Waals surface area (Å²) in [5.41, 5.74) is 0. The van der Waals surface area contributed by atoms with Gasteiger partial charge in [-0.25, -0.2) is 0 Å². The van der Waals surface area contributed by atoms with Crippen molar-refractivity contribution in [3.05, 3.63) is 0 Å². The average molecular weight is 990 g/mol. The Bertz CT molecular complexity index is 1060. The third kappa shape index (κ3) is 57.3. The number of carbonyl (C=O) groups excluding carboxylic acids is 3. The Morgan fingerprint density at radius 2 is 0.471 bits per heavy atom. The molecule has 0 aliphatic carbocycles. The maximum Gasteiger partial charge on any atom is 0.306 e. The van der Waals surface area contributed by atoms with Crippen molar-refractivity contribution >= 4 is 17.9 Å². The molecule has 0 fully saturated rings. The van der Waals surface area contributed by atoms with E-state index in [9.17, 15) is 14.4 Å². The lowest BCUT2D eigenvalue weighted by molar-refractivity contribution is -0.167. The van der Waals surface area contributed by atoms with Crippen LogP contribution in [0, 0.1) is 5.92 Å². The molecule has 416 valence electrons. The maximum atomic E-state index is 12.9. The van der Waals surface area contributed by atoms with Crippen LogP contribution in [0.5, 0.6) is 0 Å². The first kappa shape index (κ1) is 68.4. The normalized spacial score (nSPS) is 12.0. The van der Waals surface area contributed by atoms with E-state index in [0.717, 1.165) is 63.7 Å². The molecular weight excluding hydrogens is 865 g/mol. The molecule has 1 atom stereocenters. The summed E-state index contributed by atoms with van der Waals surface area (Å²) >= 11 is 0. The van der Waals surface area contributed by atoms with Crippen molar-refractivity contribution in [2.24, 2.45) is 5.92 Å². The van der Waals surface area contributed by atoms with E-state index in [-0.39, 0.29) is 31.1 Å². The van der Waals surface area contributed by atoms with Gasteiger partial charge >= 0.3 is 17.9 Å². The van der Waals surface area contributed by atoms with Crippen molar-refractivity contribution in [1.82, 2.24) is 0 Å². The lowest BCUT2D eigenvalue weighted by Gasteiger charge is -2.18. The summed E-state index contributed by atoms with van der Waals surface area (Å²) in [6.07, 6.45) is 65.3. The number of hydrogen-bond donors (Lipinski definition) is 0. The lowest BCUT2D eigenvalue weighted by atomic mass is 10.0. The fourth-order valence-corrected chi connectivity index (χ4v) is 9.99. The zero-order valence-electron chi connectivity index (χ0n) is 48.0. The molecule has 70 heavy (non-hydrogen) atoms. The van der Waals surface area contributed by atoms with Gasteiger partial charge < -0.3 is 14.2 Å². The van der Waals surface area contributed by atoms with Crippen LogP contribution in [0.25, 0.3) is 0 Å². The average Bonchev–Trinajstić information content (AvgIpc) is 3.35. The molecule has 0 saturated heterocycles. The van der Waals surface area contributed by atoms with E-state index in [1.807, 2.05) is 0 Å². The minimum atomic E-state index is -0.763. The first-order valence-electron chi connectivity index (χ1n) is 31.9. The van der Waals surface area contributed by atoms with Gasteiger partial charge in [0, 0.05) is 19.3 Å². The zero-order chi connectivity index (χ0) is 50.9. The van der Waals surface area contributed by atoms with E-state index in [1.54, 1.807) is 0 Å². The highest BCUT2D eigenvalue weighted by Crippen LogP contribution is 2.19. The molecular formula is C64H124O6. The van der Waals surface area contributed by atoms with E-state index in [0.29, 0.717) is 19.3 Å². The van der Waals surface area contributed by atoms with Crippen molar-refractivity contribution in [2.75, 3.05) is 13.2 Å². The summed E-state index contributed by atoms with van der Waals surface area (Å²) in [6.45, 7) is 9.09. The van der Waals surface area contributed by atoms with Gasteiger partial charge in [-0.05, 0) is 25.2 Å². The molecule has 0 radical (unpaired) electrons. The van der Waals surface area contributed by atoms with Crippen LogP contribution in [0.15, 0.2) is 0 Å². The minimum Gasteiger partial charge on any atom is -0.462 e. The topological polar surface area (TPSA) is 78.9 Å². The van der Waals surface area contributed by atoms with Gasteiger partial charge in [-0.1, -0.05) is 329 Å². The summed E-state index contributed by atoms with van der Waals surface area (Å²) in [5, 5.41) is 0. The fraction of sp³-hybridized carbons (Fsp3) is 0.953. The molecule has 0 aromatic rings. The second-order valence-corrected chi connectivity index (χ2v) is 22.5. The van der Waals surface area contributed by atoms with Crippen LogP contribution in [0.1, 0.15) is 368 Å². The number of carbonyl (C=O) groups is 3. The van der Waals surface area contributed by atoms with E-state index in [1.165, 1.54) is 263 Å². The highest BCUT2D eigenvalue weighted by Gasteiger charge is 2.19. The number of ether oxygens (including phenoxy) is 3. The largest absolute Gasteiger partial charge is 0.462 e. The van der Waals surface area contributed by atoms with Crippen molar-refractivity contribution in [1.29, 1.82) is 0 Å². The Morgan fingerprint density at radius 1 is 0.271 bits per heavy atom. The van der Waals surface area contributed by atoms with Gasteiger partial charge in [0.25, 0.3) is 0 Å². The Balaban J connectivity index is 4.28. The predicted octanol–water partition coefficient (Wildman–Crippen LogP) is 21.4. The highest BCUT2D eigenvalue weighted by molar-refractivity contribution is 5.71. The van der Waals surface area contributed by atoms with Gasteiger partial charge in [-0.15, -0.1) is 0 Å². The SMILES string of the molecule is CCCCCCCCCCCCCCCCCCCCCC(=O)O[C@H](COC(=O)CCCCCCCCCCCCCCCCC)COC(=O)CCCCCCCCCCCCCCCCCC(C)C. The molecule has 0 aromatic heterocycles. The summed E-state index contributed by atoms with van der Waals surface area (Å²) in [4.78, 5) is 38.3.